The number of Topliss-reactive ketones (excluding diaryl/α,β-unsaturated/α-hetero) is 1. The number of methoxy groups -OCH3 is 3. The third kappa shape index (κ3) is 15.0. The fourth-order valence-corrected chi connectivity index (χ4v) is 9.84. The Morgan fingerprint density at radius 3 is 2.00 bits per heavy atom. The van der Waals surface area contributed by atoms with Gasteiger partial charge in [0.05, 0.1) is 49.8 Å². The maximum Gasteiger partial charge on any atom is 0.328 e. The van der Waals surface area contributed by atoms with Crippen LogP contribution in [0.25, 0.3) is 0 Å². The van der Waals surface area contributed by atoms with Crippen molar-refractivity contribution in [2.24, 2.45) is 35.5 Å². The second kappa shape index (κ2) is 26.1. The number of amides is 3. The van der Waals surface area contributed by atoms with E-state index in [1.165, 1.54) is 12.7 Å². The number of likely N-dealkylation sites (tertiary alicyclic amines) is 1. The lowest BCUT2D eigenvalue weighted by molar-refractivity contribution is -0.150. The van der Waals surface area contributed by atoms with Crippen molar-refractivity contribution in [1.29, 1.82) is 0 Å². The number of carbonyl (C=O) groups excluding carboxylic acids is 5. The summed E-state index contributed by atoms with van der Waals surface area (Å²) in [6.07, 6.45) is 2.21. The Morgan fingerprint density at radius 1 is 0.797 bits per heavy atom. The molecule has 1 saturated heterocycles. The molecule has 0 aliphatic carbocycles. The van der Waals surface area contributed by atoms with Gasteiger partial charge in [0.15, 0.2) is 5.78 Å². The molecule has 12 nitrogen and oxygen atoms in total. The smallest absolute Gasteiger partial charge is 0.328 e. The molecule has 0 saturated carbocycles. The molecule has 0 unspecified atom stereocenters. The van der Waals surface area contributed by atoms with Crippen molar-refractivity contribution in [2.75, 3.05) is 42.0 Å². The van der Waals surface area contributed by atoms with E-state index in [-0.39, 0.29) is 66.6 Å². The Bertz CT molecular complexity index is 1790. The standard InChI is InChI=1S/C52H82N4O8/c1-15-36(8)48(55(11)51(60)41(34(4)5)30-44(57)47(35(6)7)54(10)32-40-24-19-23-39(28-40)27-33(2)3)45(62-12)31-46(58)56-26-20-25-43(56)49(63-13)37(9)50(59)53-42(52(61)64-14)29-38-21-17-16-18-22-38/h16-19,21-24,28,33-37,41-43,45,47-49H,15,20,25-27,29-32H2,1-14H3,(H,53,59)/t36-,37+,41-,42-,43-,45+,47-,48-,49+/m0/s1. The average Bonchev–Trinajstić information content (AvgIpc) is 3.74. The summed E-state index contributed by atoms with van der Waals surface area (Å²) in [5, 5.41) is 2.88. The van der Waals surface area contributed by atoms with Gasteiger partial charge in [-0.2, -0.15) is 0 Å². The van der Waals surface area contributed by atoms with Crippen molar-refractivity contribution < 1.29 is 38.2 Å². The van der Waals surface area contributed by atoms with Crippen molar-refractivity contribution in [3.05, 3.63) is 71.3 Å². The number of hydrogen-bond acceptors (Lipinski definition) is 9. The summed E-state index contributed by atoms with van der Waals surface area (Å²) >= 11 is 0. The van der Waals surface area contributed by atoms with Crippen LogP contribution in [0.3, 0.4) is 0 Å². The molecule has 1 fully saturated rings. The summed E-state index contributed by atoms with van der Waals surface area (Å²) in [6.45, 7) is 19.5. The summed E-state index contributed by atoms with van der Waals surface area (Å²) in [6, 6.07) is 15.9. The molecule has 1 aliphatic rings. The molecule has 0 spiro atoms. The van der Waals surface area contributed by atoms with Crippen LogP contribution in [0.4, 0.5) is 0 Å². The zero-order chi connectivity index (χ0) is 47.8. The number of likely N-dealkylation sites (N-methyl/N-ethyl adjacent to an activating group) is 2. The highest BCUT2D eigenvalue weighted by atomic mass is 16.5. The third-order valence-electron chi connectivity index (χ3n) is 13.4. The highest BCUT2D eigenvalue weighted by Crippen LogP contribution is 2.31. The van der Waals surface area contributed by atoms with Gasteiger partial charge < -0.3 is 29.3 Å². The van der Waals surface area contributed by atoms with Crippen LogP contribution in [0.15, 0.2) is 54.6 Å². The minimum atomic E-state index is -0.894. The van der Waals surface area contributed by atoms with Crippen LogP contribution in [0.2, 0.25) is 0 Å². The molecule has 3 rings (SSSR count). The summed E-state index contributed by atoms with van der Waals surface area (Å²) in [5.74, 6) is -1.98. The maximum absolute atomic E-state index is 14.7. The second-order valence-electron chi connectivity index (χ2n) is 19.4. The minimum absolute atomic E-state index is 0.0159. The zero-order valence-electron chi connectivity index (χ0n) is 41.6. The average molecular weight is 891 g/mol. The zero-order valence-corrected chi connectivity index (χ0v) is 41.6. The fraction of sp³-hybridized carbons (Fsp3) is 0.673. The first-order valence-corrected chi connectivity index (χ1v) is 23.6. The number of ether oxygens (including phenoxy) is 3. The van der Waals surface area contributed by atoms with Gasteiger partial charge in [0.25, 0.3) is 0 Å². The van der Waals surface area contributed by atoms with Gasteiger partial charge in [-0.15, -0.1) is 0 Å². The highest BCUT2D eigenvalue weighted by Gasteiger charge is 2.43. The van der Waals surface area contributed by atoms with Crippen LogP contribution < -0.4 is 5.32 Å². The van der Waals surface area contributed by atoms with Crippen molar-refractivity contribution in [3.63, 3.8) is 0 Å². The van der Waals surface area contributed by atoms with E-state index in [9.17, 15) is 24.0 Å². The van der Waals surface area contributed by atoms with Gasteiger partial charge >= 0.3 is 5.97 Å². The number of rotatable bonds is 26. The Morgan fingerprint density at radius 2 is 1.44 bits per heavy atom. The lowest BCUT2D eigenvalue weighted by Gasteiger charge is -2.41. The summed E-state index contributed by atoms with van der Waals surface area (Å²) in [4.78, 5) is 75.6. The largest absolute Gasteiger partial charge is 0.467 e. The molecule has 0 bridgehead atoms. The molecule has 2 aromatic carbocycles. The van der Waals surface area contributed by atoms with Gasteiger partial charge in [0.1, 0.15) is 6.04 Å². The molecule has 12 heteroatoms. The van der Waals surface area contributed by atoms with Crippen molar-refractivity contribution >= 4 is 29.5 Å². The molecule has 1 aliphatic heterocycles. The SMILES string of the molecule is CC[C@H](C)[C@@H]([C@@H](CC(=O)N1CCC[C@H]1[C@H](OC)[C@@H](C)C(=O)N[C@@H](Cc1ccccc1)C(=O)OC)OC)N(C)C(=O)[C@@H](CC(=O)[C@H](C(C)C)N(C)Cc1cccc(CC(C)C)c1)C(C)C. The maximum atomic E-state index is 14.7. The van der Waals surface area contributed by atoms with Crippen LogP contribution in [0.5, 0.6) is 0 Å². The molecule has 2 aromatic rings. The monoisotopic (exact) mass is 891 g/mol. The van der Waals surface area contributed by atoms with Crippen LogP contribution in [-0.4, -0.2) is 123 Å². The van der Waals surface area contributed by atoms with Gasteiger partial charge in [-0.1, -0.05) is 123 Å². The van der Waals surface area contributed by atoms with E-state index in [4.69, 9.17) is 14.2 Å². The van der Waals surface area contributed by atoms with E-state index in [1.807, 2.05) is 51.2 Å². The lowest BCUT2D eigenvalue weighted by Crippen LogP contribution is -2.55. The van der Waals surface area contributed by atoms with E-state index < -0.39 is 48.1 Å². The van der Waals surface area contributed by atoms with E-state index in [0.717, 1.165) is 30.4 Å². The first kappa shape index (κ1) is 54.2. The quantitative estimate of drug-likeness (QED) is 0.0960. The molecule has 9 atom stereocenters. The van der Waals surface area contributed by atoms with E-state index in [1.54, 1.807) is 38.0 Å². The van der Waals surface area contributed by atoms with E-state index in [0.29, 0.717) is 25.4 Å². The topological polar surface area (TPSA) is 135 Å². The van der Waals surface area contributed by atoms with Gasteiger partial charge in [-0.25, -0.2) is 4.79 Å². The van der Waals surface area contributed by atoms with Crippen molar-refractivity contribution in [3.8, 4) is 0 Å². The molecule has 1 N–H and O–H groups in total. The number of nitrogens with one attached hydrogen (secondary N) is 1. The van der Waals surface area contributed by atoms with Crippen LogP contribution in [0, 0.1) is 35.5 Å². The Hall–Kier alpha value is -4.13. The molecule has 64 heavy (non-hydrogen) atoms. The van der Waals surface area contributed by atoms with Crippen molar-refractivity contribution in [2.45, 2.75) is 150 Å². The molecular formula is C52H82N4O8. The number of hydrogen-bond donors (Lipinski definition) is 1. The molecule has 0 aromatic heterocycles. The first-order valence-electron chi connectivity index (χ1n) is 23.6. The molecule has 1 heterocycles. The Kier molecular flexibility index (Phi) is 22.1. The Labute approximate surface area is 385 Å². The number of esters is 1. The summed E-state index contributed by atoms with van der Waals surface area (Å²) in [7, 11) is 8.20. The summed E-state index contributed by atoms with van der Waals surface area (Å²) in [5.41, 5.74) is 3.32. The Balaban J connectivity index is 1.79. The number of nitrogens with zero attached hydrogens (tertiary/aromatic N) is 3. The predicted octanol–water partition coefficient (Wildman–Crippen LogP) is 7.39. The van der Waals surface area contributed by atoms with Gasteiger partial charge in [0.2, 0.25) is 17.7 Å². The normalized spacial score (nSPS) is 18.0. The third-order valence-corrected chi connectivity index (χ3v) is 13.4. The number of benzene rings is 2. The molecule has 0 radical (unpaired) electrons. The predicted molar refractivity (Wildman–Crippen MR) is 253 cm³/mol. The van der Waals surface area contributed by atoms with Gasteiger partial charge in [-0.3, -0.25) is 24.1 Å². The van der Waals surface area contributed by atoms with E-state index in [2.05, 4.69) is 76.0 Å². The highest BCUT2D eigenvalue weighted by molar-refractivity contribution is 5.90. The van der Waals surface area contributed by atoms with Crippen LogP contribution in [0.1, 0.15) is 111 Å². The minimum Gasteiger partial charge on any atom is -0.467 e. The lowest BCUT2D eigenvalue weighted by atomic mass is 9.83. The van der Waals surface area contributed by atoms with Crippen molar-refractivity contribution in [1.82, 2.24) is 20.0 Å². The molecule has 3 amide bonds. The van der Waals surface area contributed by atoms with Gasteiger partial charge in [0, 0.05) is 53.1 Å². The van der Waals surface area contributed by atoms with Crippen LogP contribution >= 0.6 is 0 Å². The second-order valence-corrected chi connectivity index (χ2v) is 19.4. The molecular weight excluding hydrogens is 809 g/mol. The summed E-state index contributed by atoms with van der Waals surface area (Å²) < 4.78 is 17.1. The first-order chi connectivity index (χ1) is 30.3. The number of carbonyl (C=O) groups is 5. The fourth-order valence-electron chi connectivity index (χ4n) is 9.84. The van der Waals surface area contributed by atoms with Crippen LogP contribution in [-0.2, 0) is 57.6 Å². The number of ketones is 1. The van der Waals surface area contributed by atoms with E-state index >= 15 is 0 Å². The van der Waals surface area contributed by atoms with Gasteiger partial charge in [-0.05, 0) is 66.7 Å². The molecule has 358 valence electrons.